The first-order chi connectivity index (χ1) is 16.1. The zero-order chi connectivity index (χ0) is 23.2. The molecule has 0 aliphatic carbocycles. The maximum absolute atomic E-state index is 13.8. The molecule has 0 saturated carbocycles. The molecule has 0 saturated heterocycles. The summed E-state index contributed by atoms with van der Waals surface area (Å²) in [5, 5.41) is 3.96. The highest BCUT2D eigenvalue weighted by atomic mass is 19.1. The third-order valence-electron chi connectivity index (χ3n) is 5.50. The number of ether oxygens (including phenoxy) is 3. The topological polar surface area (TPSA) is 72.6 Å². The number of fused-ring (bicyclic) bond motifs is 1. The highest BCUT2D eigenvalue weighted by Crippen LogP contribution is 2.40. The molecule has 170 valence electrons. The van der Waals surface area contributed by atoms with Gasteiger partial charge in [0.1, 0.15) is 0 Å². The highest BCUT2D eigenvalue weighted by molar-refractivity contribution is 5.84. The number of carbonyl (C=O) groups excluding carboxylic acids is 1. The number of H-pyrrole nitrogens is 1. The summed E-state index contributed by atoms with van der Waals surface area (Å²) in [6.07, 6.45) is 1.94. The third-order valence-corrected chi connectivity index (χ3v) is 5.50. The maximum atomic E-state index is 13.8. The maximum Gasteiger partial charge on any atom is 0.257 e. The van der Waals surface area contributed by atoms with Crippen molar-refractivity contribution in [2.45, 2.75) is 5.92 Å². The Bertz CT molecular complexity index is 1250. The van der Waals surface area contributed by atoms with Crippen LogP contribution in [-0.2, 0) is 4.79 Å². The Labute approximate surface area is 191 Å². The average molecular weight is 448 g/mol. The highest BCUT2D eigenvalue weighted by Gasteiger charge is 2.24. The van der Waals surface area contributed by atoms with Gasteiger partial charge < -0.3 is 24.5 Å². The van der Waals surface area contributed by atoms with Crippen LogP contribution in [0.3, 0.4) is 0 Å². The molecule has 2 N–H and O–H groups in total. The van der Waals surface area contributed by atoms with Crippen LogP contribution >= 0.6 is 0 Å². The summed E-state index contributed by atoms with van der Waals surface area (Å²) >= 11 is 0. The zero-order valence-electron chi connectivity index (χ0n) is 18.4. The molecule has 4 rings (SSSR count). The Morgan fingerprint density at radius 3 is 2.48 bits per heavy atom. The number of benzene rings is 3. The van der Waals surface area contributed by atoms with E-state index in [9.17, 15) is 9.18 Å². The lowest BCUT2D eigenvalue weighted by molar-refractivity contribution is -0.123. The SMILES string of the molecule is COc1cccc(C(CNC(=O)COc2ccccc2F)c2c[nH]c3ccccc23)c1OC. The van der Waals surface area contributed by atoms with Crippen molar-refractivity contribution in [1.82, 2.24) is 10.3 Å². The van der Waals surface area contributed by atoms with E-state index in [-0.39, 0.29) is 30.7 Å². The van der Waals surface area contributed by atoms with Crippen LogP contribution < -0.4 is 19.5 Å². The van der Waals surface area contributed by atoms with E-state index < -0.39 is 5.82 Å². The second kappa shape index (κ2) is 10.1. The van der Waals surface area contributed by atoms with E-state index in [0.29, 0.717) is 11.5 Å². The first-order valence-corrected chi connectivity index (χ1v) is 10.5. The number of hydrogen-bond donors (Lipinski definition) is 2. The van der Waals surface area contributed by atoms with Crippen molar-refractivity contribution >= 4 is 16.8 Å². The summed E-state index contributed by atoms with van der Waals surface area (Å²) in [5.41, 5.74) is 2.87. The van der Waals surface area contributed by atoms with Crippen LogP contribution in [0.4, 0.5) is 4.39 Å². The lowest BCUT2D eigenvalue weighted by Gasteiger charge is -2.22. The number of carbonyl (C=O) groups is 1. The third kappa shape index (κ3) is 4.77. The minimum atomic E-state index is -0.511. The second-order valence-electron chi connectivity index (χ2n) is 7.45. The predicted octanol–water partition coefficient (Wildman–Crippen LogP) is 4.65. The molecule has 0 aliphatic rings. The molecule has 7 heteroatoms. The lowest BCUT2D eigenvalue weighted by Crippen LogP contribution is -2.33. The number of methoxy groups -OCH3 is 2. The Hall–Kier alpha value is -4.00. The molecule has 1 amide bonds. The number of nitrogens with one attached hydrogen (secondary N) is 2. The number of amides is 1. The fourth-order valence-electron chi connectivity index (χ4n) is 3.93. The smallest absolute Gasteiger partial charge is 0.257 e. The molecule has 1 unspecified atom stereocenters. The Balaban J connectivity index is 1.60. The van der Waals surface area contributed by atoms with Gasteiger partial charge in [-0.3, -0.25) is 4.79 Å². The number of rotatable bonds is 9. The minimum Gasteiger partial charge on any atom is -0.493 e. The fourth-order valence-corrected chi connectivity index (χ4v) is 3.93. The number of hydrogen-bond acceptors (Lipinski definition) is 4. The van der Waals surface area contributed by atoms with Gasteiger partial charge >= 0.3 is 0 Å². The average Bonchev–Trinajstić information content (AvgIpc) is 3.27. The van der Waals surface area contributed by atoms with Crippen LogP contribution in [0.2, 0.25) is 0 Å². The first-order valence-electron chi connectivity index (χ1n) is 10.5. The molecule has 0 radical (unpaired) electrons. The molecule has 1 aromatic heterocycles. The van der Waals surface area contributed by atoms with E-state index in [1.54, 1.807) is 26.4 Å². The summed E-state index contributed by atoms with van der Waals surface area (Å²) < 4.78 is 30.3. The number of aromatic amines is 1. The molecular formula is C26H25FN2O4. The van der Waals surface area contributed by atoms with Gasteiger partial charge in [-0.05, 0) is 29.8 Å². The van der Waals surface area contributed by atoms with Gasteiger partial charge in [0, 0.05) is 35.1 Å². The van der Waals surface area contributed by atoms with Crippen molar-refractivity contribution in [3.05, 3.63) is 89.9 Å². The van der Waals surface area contributed by atoms with Crippen molar-refractivity contribution in [1.29, 1.82) is 0 Å². The van der Waals surface area contributed by atoms with Crippen molar-refractivity contribution < 1.29 is 23.4 Å². The van der Waals surface area contributed by atoms with E-state index in [1.807, 2.05) is 48.7 Å². The van der Waals surface area contributed by atoms with Gasteiger partial charge in [-0.25, -0.2) is 4.39 Å². The van der Waals surface area contributed by atoms with Gasteiger partial charge in [0.05, 0.1) is 14.2 Å². The van der Waals surface area contributed by atoms with Crippen LogP contribution in [-0.4, -0.2) is 38.3 Å². The molecule has 6 nitrogen and oxygen atoms in total. The normalized spacial score (nSPS) is 11.7. The van der Waals surface area contributed by atoms with Crippen molar-refractivity contribution in [2.24, 2.45) is 0 Å². The van der Waals surface area contributed by atoms with Crippen LogP contribution in [0.5, 0.6) is 17.2 Å². The Morgan fingerprint density at radius 2 is 1.70 bits per heavy atom. The van der Waals surface area contributed by atoms with Gasteiger partial charge in [0.25, 0.3) is 5.91 Å². The molecule has 0 fully saturated rings. The number of para-hydroxylation sites is 3. The van der Waals surface area contributed by atoms with Gasteiger partial charge in [-0.1, -0.05) is 42.5 Å². The van der Waals surface area contributed by atoms with Crippen LogP contribution in [0.1, 0.15) is 17.0 Å². The lowest BCUT2D eigenvalue weighted by atomic mass is 9.90. The second-order valence-corrected chi connectivity index (χ2v) is 7.45. The standard InChI is InChI=1S/C26H25FN2O4/c1-31-24-13-7-9-18(26(24)32-2)20(19-14-28-22-11-5-3-8-17(19)22)15-29-25(30)16-33-23-12-6-4-10-21(23)27/h3-14,20,28H,15-16H2,1-2H3,(H,29,30). The van der Waals surface area contributed by atoms with Crippen LogP contribution in [0, 0.1) is 5.82 Å². The molecule has 3 aromatic carbocycles. The van der Waals surface area contributed by atoms with E-state index in [4.69, 9.17) is 14.2 Å². The number of halogens is 1. The molecule has 0 aliphatic heterocycles. The van der Waals surface area contributed by atoms with Crippen LogP contribution in [0.25, 0.3) is 10.9 Å². The molecule has 33 heavy (non-hydrogen) atoms. The molecule has 4 aromatic rings. The quantitative estimate of drug-likeness (QED) is 0.391. The largest absolute Gasteiger partial charge is 0.493 e. The Kier molecular flexibility index (Phi) is 6.78. The van der Waals surface area contributed by atoms with E-state index in [0.717, 1.165) is 22.0 Å². The summed E-state index contributed by atoms with van der Waals surface area (Å²) in [5.74, 6) is 0.146. The summed E-state index contributed by atoms with van der Waals surface area (Å²) in [7, 11) is 3.18. The van der Waals surface area contributed by atoms with Crippen molar-refractivity contribution in [3.63, 3.8) is 0 Å². The van der Waals surface area contributed by atoms with Crippen molar-refractivity contribution in [2.75, 3.05) is 27.4 Å². The molecule has 0 spiro atoms. The van der Waals surface area contributed by atoms with Gasteiger partial charge in [0.15, 0.2) is 29.7 Å². The van der Waals surface area contributed by atoms with E-state index in [2.05, 4.69) is 10.3 Å². The Morgan fingerprint density at radius 1 is 0.939 bits per heavy atom. The fraction of sp³-hybridized carbons (Fsp3) is 0.192. The first kappa shape index (κ1) is 22.2. The van der Waals surface area contributed by atoms with E-state index in [1.165, 1.54) is 12.1 Å². The molecular weight excluding hydrogens is 423 g/mol. The molecule has 0 bridgehead atoms. The van der Waals surface area contributed by atoms with Gasteiger partial charge in [0.2, 0.25) is 0 Å². The summed E-state index contributed by atoms with van der Waals surface area (Å²) in [6, 6.07) is 19.6. The minimum absolute atomic E-state index is 0.0373. The van der Waals surface area contributed by atoms with Crippen LogP contribution in [0.15, 0.2) is 72.9 Å². The monoisotopic (exact) mass is 448 g/mol. The number of aromatic nitrogens is 1. The van der Waals surface area contributed by atoms with Gasteiger partial charge in [-0.15, -0.1) is 0 Å². The summed E-state index contributed by atoms with van der Waals surface area (Å²) in [6.45, 7) is -0.0123. The van der Waals surface area contributed by atoms with E-state index >= 15 is 0 Å². The van der Waals surface area contributed by atoms with Gasteiger partial charge in [-0.2, -0.15) is 0 Å². The predicted molar refractivity (Wildman–Crippen MR) is 125 cm³/mol. The zero-order valence-corrected chi connectivity index (χ0v) is 18.4. The molecule has 1 heterocycles. The van der Waals surface area contributed by atoms with Crippen molar-refractivity contribution in [3.8, 4) is 17.2 Å². The molecule has 1 atom stereocenters. The summed E-state index contributed by atoms with van der Waals surface area (Å²) in [4.78, 5) is 15.8.